The van der Waals surface area contributed by atoms with Gasteiger partial charge in [-0.05, 0) is 28.8 Å². The molecule has 4 heteroatoms. The molecule has 0 amide bonds. The first kappa shape index (κ1) is 10.3. The van der Waals surface area contributed by atoms with Crippen LogP contribution in [0, 0.1) is 0 Å². The molecule has 0 heterocycles. The van der Waals surface area contributed by atoms with E-state index < -0.39 is 11.7 Å². The largest absolute Gasteiger partial charge is 0.416 e. The lowest BCUT2D eigenvalue weighted by molar-refractivity contribution is -0.137. The molecule has 1 aromatic rings. The van der Waals surface area contributed by atoms with Crippen LogP contribution in [0.4, 0.5) is 13.2 Å². The smallest absolute Gasteiger partial charge is 0.166 e. The Labute approximate surface area is 82.2 Å². The van der Waals surface area contributed by atoms with E-state index in [0.29, 0.717) is 5.56 Å². The first-order chi connectivity index (χ1) is 6.04. The van der Waals surface area contributed by atoms with Gasteiger partial charge in [-0.1, -0.05) is 28.1 Å². The first-order valence-electron chi connectivity index (χ1n) is 3.48. The number of rotatable bonds is 1. The Morgan fingerprint density at radius 3 is 2.46 bits per heavy atom. The molecule has 0 saturated carbocycles. The van der Waals surface area contributed by atoms with Crippen molar-refractivity contribution in [2.45, 2.75) is 6.18 Å². The number of alkyl halides is 3. The minimum atomic E-state index is -4.27. The number of hydrogen-bond acceptors (Lipinski definition) is 0. The van der Waals surface area contributed by atoms with Crippen LogP contribution < -0.4 is 0 Å². The molecule has 0 unspecified atom stereocenters. The van der Waals surface area contributed by atoms with Gasteiger partial charge in [-0.25, -0.2) is 0 Å². The van der Waals surface area contributed by atoms with Crippen LogP contribution in [0.5, 0.6) is 0 Å². The fourth-order valence-electron chi connectivity index (χ4n) is 0.891. The molecule has 0 spiro atoms. The van der Waals surface area contributed by atoms with Crippen molar-refractivity contribution in [2.75, 3.05) is 0 Å². The molecule has 0 nitrogen and oxygen atoms in total. The molecular weight excluding hydrogens is 245 g/mol. The molecule has 0 radical (unpaired) electrons. The fourth-order valence-corrected chi connectivity index (χ4v) is 1.20. The third kappa shape index (κ3) is 2.88. The standard InChI is InChI=1S/C9H6BrF3/c10-5-4-7-2-1-3-8(6-7)9(11,12)13/h1-6H/b5-4+. The van der Waals surface area contributed by atoms with Crippen LogP contribution in [-0.2, 0) is 6.18 Å². The summed E-state index contributed by atoms with van der Waals surface area (Å²) in [6.45, 7) is 0. The van der Waals surface area contributed by atoms with Crippen molar-refractivity contribution in [1.82, 2.24) is 0 Å². The Balaban J connectivity index is 3.05. The SMILES string of the molecule is FC(F)(F)c1cccc(/C=C/Br)c1. The molecule has 0 bridgehead atoms. The van der Waals surface area contributed by atoms with Gasteiger partial charge in [0.1, 0.15) is 0 Å². The second kappa shape index (κ2) is 3.96. The maximum Gasteiger partial charge on any atom is 0.416 e. The van der Waals surface area contributed by atoms with E-state index in [1.807, 2.05) is 0 Å². The summed E-state index contributed by atoms with van der Waals surface area (Å²) in [6, 6.07) is 5.13. The van der Waals surface area contributed by atoms with Crippen molar-refractivity contribution in [3.05, 3.63) is 40.4 Å². The molecule has 0 aromatic heterocycles. The highest BCUT2D eigenvalue weighted by molar-refractivity contribution is 9.11. The highest BCUT2D eigenvalue weighted by Gasteiger charge is 2.30. The van der Waals surface area contributed by atoms with Gasteiger partial charge in [0, 0.05) is 0 Å². The number of hydrogen-bond donors (Lipinski definition) is 0. The van der Waals surface area contributed by atoms with Gasteiger partial charge < -0.3 is 0 Å². The summed E-state index contributed by atoms with van der Waals surface area (Å²) in [5, 5.41) is 0. The summed E-state index contributed by atoms with van der Waals surface area (Å²) in [7, 11) is 0. The van der Waals surface area contributed by atoms with E-state index in [1.165, 1.54) is 11.1 Å². The summed E-state index contributed by atoms with van der Waals surface area (Å²) in [5.41, 5.74) is -0.109. The third-order valence-electron chi connectivity index (χ3n) is 1.47. The summed E-state index contributed by atoms with van der Waals surface area (Å²) >= 11 is 3.00. The molecule has 0 fully saturated rings. The first-order valence-corrected chi connectivity index (χ1v) is 4.39. The van der Waals surface area contributed by atoms with Gasteiger partial charge in [-0.15, -0.1) is 0 Å². The molecule has 70 valence electrons. The quantitative estimate of drug-likeness (QED) is 0.705. The molecule has 0 saturated heterocycles. The average Bonchev–Trinajstić information content (AvgIpc) is 2.04. The Morgan fingerprint density at radius 1 is 1.23 bits per heavy atom. The lowest BCUT2D eigenvalue weighted by Crippen LogP contribution is -2.04. The molecule has 0 N–H and O–H groups in total. The topological polar surface area (TPSA) is 0 Å². The van der Waals surface area contributed by atoms with Crippen LogP contribution in [0.2, 0.25) is 0 Å². The van der Waals surface area contributed by atoms with Crippen LogP contribution in [0.3, 0.4) is 0 Å². The zero-order chi connectivity index (χ0) is 9.90. The molecule has 0 aliphatic rings. The van der Waals surface area contributed by atoms with Gasteiger partial charge in [0.2, 0.25) is 0 Å². The Bertz CT molecular complexity index is 315. The van der Waals surface area contributed by atoms with Crippen LogP contribution in [-0.4, -0.2) is 0 Å². The lowest BCUT2D eigenvalue weighted by atomic mass is 10.1. The predicted octanol–water partition coefficient (Wildman–Crippen LogP) is 4.07. The van der Waals surface area contributed by atoms with Crippen LogP contribution >= 0.6 is 15.9 Å². The van der Waals surface area contributed by atoms with Crippen molar-refractivity contribution in [1.29, 1.82) is 0 Å². The highest BCUT2D eigenvalue weighted by atomic mass is 79.9. The maximum absolute atomic E-state index is 12.2. The van der Waals surface area contributed by atoms with Crippen molar-refractivity contribution >= 4 is 22.0 Å². The number of benzene rings is 1. The molecule has 13 heavy (non-hydrogen) atoms. The highest BCUT2D eigenvalue weighted by Crippen LogP contribution is 2.29. The van der Waals surface area contributed by atoms with Crippen molar-refractivity contribution in [2.24, 2.45) is 0 Å². The molecule has 0 aliphatic heterocycles. The summed E-state index contributed by atoms with van der Waals surface area (Å²) in [4.78, 5) is 1.52. The summed E-state index contributed by atoms with van der Waals surface area (Å²) in [6.07, 6.45) is -2.72. The van der Waals surface area contributed by atoms with E-state index in [1.54, 1.807) is 12.1 Å². The van der Waals surface area contributed by atoms with Crippen molar-refractivity contribution in [3.63, 3.8) is 0 Å². The summed E-state index contributed by atoms with van der Waals surface area (Å²) < 4.78 is 36.5. The van der Waals surface area contributed by atoms with Crippen molar-refractivity contribution < 1.29 is 13.2 Å². The van der Waals surface area contributed by atoms with E-state index in [-0.39, 0.29) is 0 Å². The van der Waals surface area contributed by atoms with Crippen LogP contribution in [0.25, 0.3) is 6.08 Å². The summed E-state index contributed by atoms with van der Waals surface area (Å²) in [5.74, 6) is 0. The van der Waals surface area contributed by atoms with E-state index in [4.69, 9.17) is 0 Å². The normalized spacial score (nSPS) is 12.3. The average molecular weight is 251 g/mol. The number of halogens is 4. The molecule has 1 rings (SSSR count). The van der Waals surface area contributed by atoms with E-state index in [0.717, 1.165) is 12.1 Å². The molecule has 0 atom stereocenters. The Kier molecular flexibility index (Phi) is 3.14. The predicted molar refractivity (Wildman–Crippen MR) is 49.4 cm³/mol. The molecule has 1 aromatic carbocycles. The minimum Gasteiger partial charge on any atom is -0.166 e. The van der Waals surface area contributed by atoms with Gasteiger partial charge in [-0.3, -0.25) is 0 Å². The van der Waals surface area contributed by atoms with Crippen LogP contribution in [0.1, 0.15) is 11.1 Å². The zero-order valence-corrected chi connectivity index (χ0v) is 8.06. The van der Waals surface area contributed by atoms with Gasteiger partial charge in [0.25, 0.3) is 0 Å². The fraction of sp³-hybridized carbons (Fsp3) is 0.111. The Morgan fingerprint density at radius 2 is 1.92 bits per heavy atom. The zero-order valence-electron chi connectivity index (χ0n) is 6.48. The van der Waals surface area contributed by atoms with Crippen LogP contribution in [0.15, 0.2) is 29.3 Å². The maximum atomic E-state index is 12.2. The third-order valence-corrected chi connectivity index (χ3v) is 1.73. The van der Waals surface area contributed by atoms with E-state index >= 15 is 0 Å². The Hall–Kier alpha value is -0.770. The van der Waals surface area contributed by atoms with Crippen molar-refractivity contribution in [3.8, 4) is 0 Å². The lowest BCUT2D eigenvalue weighted by Gasteiger charge is -2.06. The molecule has 0 aliphatic carbocycles. The van der Waals surface area contributed by atoms with Gasteiger partial charge in [0.15, 0.2) is 0 Å². The monoisotopic (exact) mass is 250 g/mol. The molecular formula is C9H6BrF3. The second-order valence-electron chi connectivity index (χ2n) is 2.42. The van der Waals surface area contributed by atoms with Gasteiger partial charge >= 0.3 is 6.18 Å². The second-order valence-corrected chi connectivity index (χ2v) is 2.94. The van der Waals surface area contributed by atoms with E-state index in [9.17, 15) is 13.2 Å². The van der Waals surface area contributed by atoms with E-state index in [2.05, 4.69) is 15.9 Å². The minimum absolute atomic E-state index is 0.520. The van der Waals surface area contributed by atoms with Gasteiger partial charge in [0.05, 0.1) is 5.56 Å². The van der Waals surface area contributed by atoms with Gasteiger partial charge in [-0.2, -0.15) is 13.2 Å².